The number of hydrogen-bond donors (Lipinski definition) is 0. The fraction of sp³-hybridized carbons (Fsp3) is 0.100. The van der Waals surface area contributed by atoms with Gasteiger partial charge >= 0.3 is 5.69 Å². The lowest BCUT2D eigenvalue weighted by atomic mass is 10.2. The Morgan fingerprint density at radius 2 is 1.32 bits per heavy atom. The van der Waals surface area contributed by atoms with E-state index in [1.165, 1.54) is 6.07 Å². The van der Waals surface area contributed by atoms with Crippen molar-refractivity contribution >= 4 is 5.69 Å². The van der Waals surface area contributed by atoms with Crippen molar-refractivity contribution in [2.24, 2.45) is 0 Å². The summed E-state index contributed by atoms with van der Waals surface area (Å²) < 4.78 is 11.2. The van der Waals surface area contributed by atoms with Crippen LogP contribution in [0.15, 0.2) is 78.9 Å². The van der Waals surface area contributed by atoms with E-state index in [0.29, 0.717) is 12.4 Å². The fourth-order valence-electron chi connectivity index (χ4n) is 2.33. The van der Waals surface area contributed by atoms with E-state index >= 15 is 0 Å². The van der Waals surface area contributed by atoms with Gasteiger partial charge in [0.15, 0.2) is 5.75 Å². The molecule has 0 amide bonds. The molecule has 0 heterocycles. The Kier molecular flexibility index (Phi) is 5.26. The molecular formula is C20H17NO4. The third-order valence-corrected chi connectivity index (χ3v) is 3.61. The maximum atomic E-state index is 11.3. The molecule has 5 heteroatoms. The van der Waals surface area contributed by atoms with E-state index in [1.54, 1.807) is 12.1 Å². The van der Waals surface area contributed by atoms with E-state index in [1.807, 2.05) is 60.7 Å². The van der Waals surface area contributed by atoms with Crippen LogP contribution in [0.2, 0.25) is 0 Å². The van der Waals surface area contributed by atoms with Gasteiger partial charge in [-0.15, -0.1) is 0 Å². The maximum Gasteiger partial charge on any atom is 0.314 e. The number of rotatable bonds is 7. The molecule has 0 aromatic heterocycles. The number of benzene rings is 3. The zero-order chi connectivity index (χ0) is 17.5. The van der Waals surface area contributed by atoms with Crippen LogP contribution in [0.4, 0.5) is 5.69 Å². The van der Waals surface area contributed by atoms with Gasteiger partial charge in [-0.05, 0) is 23.3 Å². The SMILES string of the molecule is O=[N+]([O-])c1cc(OCc2ccccc2)ccc1OCc1ccccc1. The summed E-state index contributed by atoms with van der Waals surface area (Å²) >= 11 is 0. The number of ether oxygens (including phenoxy) is 2. The second-order valence-electron chi connectivity index (χ2n) is 5.44. The molecule has 0 atom stereocenters. The van der Waals surface area contributed by atoms with Crippen LogP contribution in [0.5, 0.6) is 11.5 Å². The summed E-state index contributed by atoms with van der Waals surface area (Å²) in [6, 6.07) is 23.8. The summed E-state index contributed by atoms with van der Waals surface area (Å²) in [5, 5.41) is 11.3. The highest BCUT2D eigenvalue weighted by atomic mass is 16.6. The first-order valence-corrected chi connectivity index (χ1v) is 7.84. The van der Waals surface area contributed by atoms with Gasteiger partial charge in [0, 0.05) is 0 Å². The van der Waals surface area contributed by atoms with E-state index in [4.69, 9.17) is 9.47 Å². The second kappa shape index (κ2) is 7.97. The molecule has 0 unspecified atom stereocenters. The van der Waals surface area contributed by atoms with Crippen LogP contribution in [0.1, 0.15) is 11.1 Å². The predicted molar refractivity (Wildman–Crippen MR) is 94.6 cm³/mol. The largest absolute Gasteiger partial charge is 0.489 e. The standard InChI is InChI=1S/C20H17NO4/c22-21(23)19-13-18(24-14-16-7-3-1-4-8-16)11-12-20(19)25-15-17-9-5-2-6-10-17/h1-13H,14-15H2. The van der Waals surface area contributed by atoms with Crippen LogP contribution in [0.3, 0.4) is 0 Å². The molecule has 0 saturated carbocycles. The van der Waals surface area contributed by atoms with Crippen LogP contribution >= 0.6 is 0 Å². The van der Waals surface area contributed by atoms with Gasteiger partial charge in [0.2, 0.25) is 0 Å². The quantitative estimate of drug-likeness (QED) is 0.461. The van der Waals surface area contributed by atoms with Crippen molar-refractivity contribution in [2.45, 2.75) is 13.2 Å². The Labute approximate surface area is 145 Å². The van der Waals surface area contributed by atoms with Gasteiger partial charge in [0.05, 0.1) is 11.0 Å². The molecule has 0 fully saturated rings. The Balaban J connectivity index is 1.70. The lowest BCUT2D eigenvalue weighted by Crippen LogP contribution is -2.00. The highest BCUT2D eigenvalue weighted by Crippen LogP contribution is 2.32. The van der Waals surface area contributed by atoms with Crippen molar-refractivity contribution in [1.29, 1.82) is 0 Å². The summed E-state index contributed by atoms with van der Waals surface area (Å²) in [5.41, 5.74) is 1.83. The molecule has 0 saturated heterocycles. The Morgan fingerprint density at radius 3 is 1.88 bits per heavy atom. The monoisotopic (exact) mass is 335 g/mol. The Bertz CT molecular complexity index is 835. The van der Waals surface area contributed by atoms with Crippen molar-refractivity contribution in [3.05, 3.63) is 100 Å². The van der Waals surface area contributed by atoms with Gasteiger partial charge in [-0.1, -0.05) is 60.7 Å². The highest BCUT2D eigenvalue weighted by molar-refractivity contribution is 5.51. The summed E-state index contributed by atoms with van der Waals surface area (Å²) in [6.45, 7) is 0.619. The third kappa shape index (κ3) is 4.57. The number of hydrogen-bond acceptors (Lipinski definition) is 4. The van der Waals surface area contributed by atoms with Crippen molar-refractivity contribution < 1.29 is 14.4 Å². The normalized spacial score (nSPS) is 10.2. The lowest BCUT2D eigenvalue weighted by Gasteiger charge is -2.10. The van der Waals surface area contributed by atoms with E-state index in [0.717, 1.165) is 11.1 Å². The molecule has 5 nitrogen and oxygen atoms in total. The van der Waals surface area contributed by atoms with E-state index < -0.39 is 4.92 Å². The van der Waals surface area contributed by atoms with E-state index in [9.17, 15) is 10.1 Å². The lowest BCUT2D eigenvalue weighted by molar-refractivity contribution is -0.386. The summed E-state index contributed by atoms with van der Waals surface area (Å²) in [5.74, 6) is 0.656. The molecule has 0 aliphatic rings. The van der Waals surface area contributed by atoms with Crippen molar-refractivity contribution in [3.8, 4) is 11.5 Å². The van der Waals surface area contributed by atoms with E-state index in [2.05, 4.69) is 0 Å². The molecule has 25 heavy (non-hydrogen) atoms. The molecule has 0 aliphatic carbocycles. The molecule has 0 spiro atoms. The van der Waals surface area contributed by atoms with Crippen molar-refractivity contribution in [3.63, 3.8) is 0 Å². The average molecular weight is 335 g/mol. The second-order valence-corrected chi connectivity index (χ2v) is 5.44. The molecule has 0 N–H and O–H groups in total. The fourth-order valence-corrected chi connectivity index (χ4v) is 2.33. The molecule has 3 aromatic rings. The van der Waals surface area contributed by atoms with Gasteiger partial charge in [-0.2, -0.15) is 0 Å². The van der Waals surface area contributed by atoms with Gasteiger partial charge < -0.3 is 9.47 Å². The smallest absolute Gasteiger partial charge is 0.314 e. The zero-order valence-electron chi connectivity index (χ0n) is 13.5. The van der Waals surface area contributed by atoms with Crippen LogP contribution in [0, 0.1) is 10.1 Å². The average Bonchev–Trinajstić information content (AvgIpc) is 2.66. The van der Waals surface area contributed by atoms with Gasteiger partial charge in [-0.25, -0.2) is 0 Å². The molecular weight excluding hydrogens is 318 g/mol. The van der Waals surface area contributed by atoms with Crippen molar-refractivity contribution in [1.82, 2.24) is 0 Å². The number of nitro benzene ring substituents is 1. The van der Waals surface area contributed by atoms with Crippen LogP contribution < -0.4 is 9.47 Å². The Morgan fingerprint density at radius 1 is 0.760 bits per heavy atom. The van der Waals surface area contributed by atoms with Crippen LogP contribution in [-0.4, -0.2) is 4.92 Å². The van der Waals surface area contributed by atoms with Crippen LogP contribution in [0.25, 0.3) is 0 Å². The zero-order valence-corrected chi connectivity index (χ0v) is 13.5. The first kappa shape index (κ1) is 16.5. The van der Waals surface area contributed by atoms with Gasteiger partial charge in [0.25, 0.3) is 0 Å². The third-order valence-electron chi connectivity index (χ3n) is 3.61. The molecule has 0 bridgehead atoms. The number of nitrogens with zero attached hydrogens (tertiary/aromatic N) is 1. The van der Waals surface area contributed by atoms with Crippen LogP contribution in [-0.2, 0) is 13.2 Å². The maximum absolute atomic E-state index is 11.3. The minimum atomic E-state index is -0.463. The minimum absolute atomic E-state index is 0.110. The molecule has 0 aliphatic heterocycles. The Hall–Kier alpha value is -3.34. The molecule has 126 valence electrons. The predicted octanol–water partition coefficient (Wildman–Crippen LogP) is 4.75. The topological polar surface area (TPSA) is 61.6 Å². The van der Waals surface area contributed by atoms with E-state index in [-0.39, 0.29) is 18.0 Å². The number of nitro groups is 1. The molecule has 0 radical (unpaired) electrons. The first-order chi connectivity index (χ1) is 12.2. The molecule has 3 aromatic carbocycles. The summed E-state index contributed by atoms with van der Waals surface area (Å²) in [7, 11) is 0. The van der Waals surface area contributed by atoms with Gasteiger partial charge in [-0.3, -0.25) is 10.1 Å². The van der Waals surface area contributed by atoms with Gasteiger partial charge in [0.1, 0.15) is 19.0 Å². The highest BCUT2D eigenvalue weighted by Gasteiger charge is 2.17. The first-order valence-electron chi connectivity index (χ1n) is 7.84. The summed E-state index contributed by atoms with van der Waals surface area (Å²) in [4.78, 5) is 10.9. The minimum Gasteiger partial charge on any atom is -0.489 e. The molecule has 3 rings (SSSR count). The summed E-state index contributed by atoms with van der Waals surface area (Å²) in [6.07, 6.45) is 0. The van der Waals surface area contributed by atoms with Crippen molar-refractivity contribution in [2.75, 3.05) is 0 Å².